The van der Waals surface area contributed by atoms with Crippen LogP contribution in [-0.2, 0) is 20.9 Å². The molecule has 0 unspecified atom stereocenters. The number of methoxy groups -OCH3 is 1. The zero-order chi connectivity index (χ0) is 18.8. The van der Waals surface area contributed by atoms with E-state index in [0.29, 0.717) is 31.5 Å². The van der Waals surface area contributed by atoms with Crippen molar-refractivity contribution in [2.45, 2.75) is 19.4 Å². The highest BCUT2D eigenvalue weighted by molar-refractivity contribution is 5.78. The van der Waals surface area contributed by atoms with E-state index in [2.05, 4.69) is 25.9 Å². The van der Waals surface area contributed by atoms with Gasteiger partial charge >= 0.3 is 5.97 Å². The number of nitrogens with one attached hydrogen (secondary N) is 1. The summed E-state index contributed by atoms with van der Waals surface area (Å²) in [4.78, 5) is 27.5. The van der Waals surface area contributed by atoms with Gasteiger partial charge in [0.2, 0.25) is 5.91 Å². The van der Waals surface area contributed by atoms with E-state index in [9.17, 15) is 9.59 Å². The molecule has 0 atom stereocenters. The number of benzene rings is 1. The fourth-order valence-electron chi connectivity index (χ4n) is 2.87. The summed E-state index contributed by atoms with van der Waals surface area (Å²) in [6, 6.07) is 9.80. The molecule has 140 valence electrons. The molecule has 1 aliphatic heterocycles. The fourth-order valence-corrected chi connectivity index (χ4v) is 2.87. The third-order valence-corrected chi connectivity index (χ3v) is 4.43. The van der Waals surface area contributed by atoms with Gasteiger partial charge in [0.15, 0.2) is 0 Å². The Kier molecular flexibility index (Phi) is 8.06. The highest BCUT2D eigenvalue weighted by Crippen LogP contribution is 2.09. The Balaban J connectivity index is 1.62. The smallest absolute Gasteiger partial charge is 0.305 e. The Bertz CT molecular complexity index is 631. The highest BCUT2D eigenvalue weighted by Gasteiger charge is 2.18. The maximum atomic E-state index is 11.9. The third kappa shape index (κ3) is 6.82. The zero-order valence-corrected chi connectivity index (χ0v) is 15.2. The molecule has 7 heteroatoms. The molecule has 26 heavy (non-hydrogen) atoms. The first-order valence-electron chi connectivity index (χ1n) is 8.88. The predicted molar refractivity (Wildman–Crippen MR) is 97.1 cm³/mol. The van der Waals surface area contributed by atoms with Crippen molar-refractivity contribution in [3.05, 3.63) is 35.4 Å². The van der Waals surface area contributed by atoms with Gasteiger partial charge < -0.3 is 10.1 Å². The van der Waals surface area contributed by atoms with Crippen molar-refractivity contribution in [3.63, 3.8) is 0 Å². The largest absolute Gasteiger partial charge is 0.469 e. The number of hydrogen-bond acceptors (Lipinski definition) is 6. The molecule has 1 amide bonds. The molecule has 1 aromatic carbocycles. The van der Waals surface area contributed by atoms with Crippen molar-refractivity contribution in [2.24, 2.45) is 0 Å². The van der Waals surface area contributed by atoms with Crippen LogP contribution in [0.2, 0.25) is 0 Å². The molecule has 1 aromatic rings. The number of carbonyl (C=O) groups excluding carboxylic acids is 2. The van der Waals surface area contributed by atoms with Gasteiger partial charge in [-0.25, -0.2) is 0 Å². The molecule has 7 nitrogen and oxygen atoms in total. The van der Waals surface area contributed by atoms with E-state index in [-0.39, 0.29) is 11.9 Å². The van der Waals surface area contributed by atoms with Gasteiger partial charge in [0.05, 0.1) is 25.3 Å². The van der Waals surface area contributed by atoms with Gasteiger partial charge in [0.1, 0.15) is 0 Å². The summed E-state index contributed by atoms with van der Waals surface area (Å²) in [6.45, 7) is 5.28. The molecule has 1 saturated heterocycles. The van der Waals surface area contributed by atoms with Crippen LogP contribution in [0.15, 0.2) is 24.3 Å². The van der Waals surface area contributed by atoms with Crippen molar-refractivity contribution in [1.82, 2.24) is 15.1 Å². The Labute approximate surface area is 154 Å². The summed E-state index contributed by atoms with van der Waals surface area (Å²) in [5.41, 5.74) is 1.87. The standard InChI is InChI=1S/C19H26N4O3/c1-26-19(25)3-2-8-21-18(24)15-23-11-9-22(10-12-23)14-17-6-4-16(13-20)5-7-17/h4-7H,2-3,8-12,14-15H2,1H3,(H,21,24). The molecule has 2 rings (SSSR count). The minimum atomic E-state index is -0.252. The lowest BCUT2D eigenvalue weighted by Gasteiger charge is -2.34. The van der Waals surface area contributed by atoms with Crippen LogP contribution in [0.1, 0.15) is 24.0 Å². The predicted octanol–water partition coefficient (Wildman–Crippen LogP) is 0.745. The van der Waals surface area contributed by atoms with Crippen molar-refractivity contribution < 1.29 is 14.3 Å². The second kappa shape index (κ2) is 10.5. The molecule has 0 saturated carbocycles. The number of nitrogens with zero attached hydrogens (tertiary/aromatic N) is 3. The molecule has 0 radical (unpaired) electrons. The Hall–Kier alpha value is -2.43. The molecular formula is C19H26N4O3. The number of ether oxygens (including phenoxy) is 1. The minimum absolute atomic E-state index is 0.00425. The normalized spacial score (nSPS) is 15.2. The first-order chi connectivity index (χ1) is 12.6. The number of hydrogen-bond donors (Lipinski definition) is 1. The zero-order valence-electron chi connectivity index (χ0n) is 15.2. The SMILES string of the molecule is COC(=O)CCCNC(=O)CN1CCN(Cc2ccc(C#N)cc2)CC1. The number of carbonyl (C=O) groups is 2. The molecule has 1 heterocycles. The highest BCUT2D eigenvalue weighted by atomic mass is 16.5. The van der Waals surface area contributed by atoms with Crippen molar-refractivity contribution in [1.29, 1.82) is 5.26 Å². The molecule has 0 spiro atoms. The quantitative estimate of drug-likeness (QED) is 0.545. The topological polar surface area (TPSA) is 85.7 Å². The molecule has 0 aromatic heterocycles. The second-order valence-corrected chi connectivity index (χ2v) is 6.39. The van der Waals surface area contributed by atoms with Crippen LogP contribution in [0.4, 0.5) is 0 Å². The third-order valence-electron chi connectivity index (χ3n) is 4.43. The van der Waals surface area contributed by atoms with Gasteiger partial charge in [-0.1, -0.05) is 12.1 Å². The molecule has 1 N–H and O–H groups in total. The maximum absolute atomic E-state index is 11.9. The summed E-state index contributed by atoms with van der Waals surface area (Å²) in [7, 11) is 1.36. The number of amides is 1. The number of esters is 1. The van der Waals surface area contributed by atoms with E-state index in [1.807, 2.05) is 24.3 Å². The lowest BCUT2D eigenvalue weighted by atomic mass is 10.1. The summed E-state index contributed by atoms with van der Waals surface area (Å²) in [6.07, 6.45) is 0.918. The van der Waals surface area contributed by atoms with Crippen LogP contribution >= 0.6 is 0 Å². The van der Waals surface area contributed by atoms with Crippen molar-refractivity contribution in [2.75, 3.05) is 46.4 Å². The fraction of sp³-hybridized carbons (Fsp3) is 0.526. The van der Waals surface area contributed by atoms with Gasteiger partial charge in [-0.05, 0) is 24.1 Å². The van der Waals surface area contributed by atoms with E-state index in [4.69, 9.17) is 5.26 Å². The van der Waals surface area contributed by atoms with Gasteiger partial charge in [0.25, 0.3) is 0 Å². The van der Waals surface area contributed by atoms with Gasteiger partial charge in [0, 0.05) is 45.7 Å². The summed E-state index contributed by atoms with van der Waals surface area (Å²) in [5, 5.41) is 11.7. The van der Waals surface area contributed by atoms with Crippen LogP contribution in [0, 0.1) is 11.3 Å². The van der Waals surface area contributed by atoms with Gasteiger partial charge in [-0.15, -0.1) is 0 Å². The maximum Gasteiger partial charge on any atom is 0.305 e. The number of piperazine rings is 1. The first kappa shape index (κ1) is 19.9. The summed E-state index contributed by atoms with van der Waals surface area (Å²) < 4.78 is 4.56. The van der Waals surface area contributed by atoms with Crippen LogP contribution in [0.25, 0.3) is 0 Å². The van der Waals surface area contributed by atoms with E-state index in [1.165, 1.54) is 12.7 Å². The summed E-state index contributed by atoms with van der Waals surface area (Å²) >= 11 is 0. The molecule has 1 aliphatic rings. The lowest BCUT2D eigenvalue weighted by Crippen LogP contribution is -2.49. The van der Waals surface area contributed by atoms with Crippen LogP contribution in [-0.4, -0.2) is 68.1 Å². The van der Waals surface area contributed by atoms with Gasteiger partial charge in [-0.3, -0.25) is 19.4 Å². The molecule has 0 bridgehead atoms. The van der Waals surface area contributed by atoms with E-state index in [1.54, 1.807) is 0 Å². The number of rotatable bonds is 8. The van der Waals surface area contributed by atoms with Crippen molar-refractivity contribution in [3.8, 4) is 6.07 Å². The van der Waals surface area contributed by atoms with Crippen LogP contribution in [0.3, 0.4) is 0 Å². The molecule has 1 fully saturated rings. The molecular weight excluding hydrogens is 332 g/mol. The Morgan fingerprint density at radius 2 is 1.81 bits per heavy atom. The van der Waals surface area contributed by atoms with E-state index < -0.39 is 0 Å². The van der Waals surface area contributed by atoms with Crippen LogP contribution in [0.5, 0.6) is 0 Å². The second-order valence-electron chi connectivity index (χ2n) is 6.39. The average Bonchev–Trinajstić information content (AvgIpc) is 2.67. The van der Waals surface area contributed by atoms with Gasteiger partial charge in [-0.2, -0.15) is 5.26 Å². The van der Waals surface area contributed by atoms with Crippen LogP contribution < -0.4 is 5.32 Å². The minimum Gasteiger partial charge on any atom is -0.469 e. The molecule has 0 aliphatic carbocycles. The van der Waals surface area contributed by atoms with E-state index in [0.717, 1.165) is 32.7 Å². The Morgan fingerprint density at radius 3 is 2.42 bits per heavy atom. The Morgan fingerprint density at radius 1 is 1.15 bits per heavy atom. The number of nitriles is 1. The lowest BCUT2D eigenvalue weighted by molar-refractivity contribution is -0.140. The average molecular weight is 358 g/mol. The van der Waals surface area contributed by atoms with Crippen molar-refractivity contribution >= 4 is 11.9 Å². The summed E-state index contributed by atoms with van der Waals surface area (Å²) in [5.74, 6) is -0.256. The monoisotopic (exact) mass is 358 g/mol. The van der Waals surface area contributed by atoms with E-state index >= 15 is 0 Å². The first-order valence-corrected chi connectivity index (χ1v) is 8.88.